The Labute approximate surface area is 214 Å². The van der Waals surface area contributed by atoms with E-state index in [4.69, 9.17) is 9.47 Å². The van der Waals surface area contributed by atoms with Crippen LogP contribution in [0, 0.1) is 0 Å². The van der Waals surface area contributed by atoms with Gasteiger partial charge in [0.25, 0.3) is 0 Å². The first-order valence-corrected chi connectivity index (χ1v) is 12.2. The summed E-state index contributed by atoms with van der Waals surface area (Å²) in [5.41, 5.74) is 5.09. The monoisotopic (exact) mass is 521 g/mol. The van der Waals surface area contributed by atoms with Crippen molar-refractivity contribution >= 4 is 16.7 Å². The lowest BCUT2D eigenvalue weighted by Gasteiger charge is -2.18. The summed E-state index contributed by atoms with van der Waals surface area (Å²) in [4.78, 5) is 17.5. The molecule has 0 saturated heterocycles. The molecule has 2 aliphatic rings. The molecule has 1 aromatic carbocycles. The Morgan fingerprint density at radius 2 is 1.89 bits per heavy atom. The smallest absolute Gasteiger partial charge is 0.409 e. The van der Waals surface area contributed by atoms with Crippen LogP contribution < -0.4 is 9.47 Å². The van der Waals surface area contributed by atoms with Gasteiger partial charge in [0.05, 0.1) is 36.5 Å². The summed E-state index contributed by atoms with van der Waals surface area (Å²) in [5, 5.41) is 4.68. The number of alkyl halides is 3. The molecule has 1 aliphatic carbocycles. The van der Waals surface area contributed by atoms with Gasteiger partial charge in [0, 0.05) is 30.6 Å². The molecule has 0 radical (unpaired) electrons. The van der Waals surface area contributed by atoms with Crippen LogP contribution in [0.1, 0.15) is 47.7 Å². The molecule has 5 heterocycles. The topological polar surface area (TPSA) is 92.3 Å². The summed E-state index contributed by atoms with van der Waals surface area (Å²) >= 11 is 0. The molecule has 3 atom stereocenters. The highest BCUT2D eigenvalue weighted by molar-refractivity contribution is 5.78. The van der Waals surface area contributed by atoms with Crippen molar-refractivity contribution in [3.05, 3.63) is 59.8 Å². The summed E-state index contributed by atoms with van der Waals surface area (Å²) in [6.45, 7) is 0. The zero-order valence-corrected chi connectivity index (χ0v) is 20.5. The Hall–Kier alpha value is -4.22. The van der Waals surface area contributed by atoms with Crippen LogP contribution in [0.15, 0.2) is 42.9 Å². The van der Waals surface area contributed by atoms with Crippen molar-refractivity contribution in [3.8, 4) is 23.1 Å². The van der Waals surface area contributed by atoms with Gasteiger partial charge in [0.15, 0.2) is 5.65 Å². The fraction of sp³-hybridized carbons (Fsp3) is 0.346. The van der Waals surface area contributed by atoms with Crippen molar-refractivity contribution in [2.75, 3.05) is 14.2 Å². The van der Waals surface area contributed by atoms with Crippen LogP contribution in [-0.4, -0.2) is 54.5 Å². The largest absolute Gasteiger partial charge is 0.480 e. The number of imidazole rings is 2. The third kappa shape index (κ3) is 3.50. The van der Waals surface area contributed by atoms with Crippen molar-refractivity contribution in [2.45, 2.75) is 43.3 Å². The third-order valence-electron chi connectivity index (χ3n) is 7.51. The lowest BCUT2D eigenvalue weighted by Crippen LogP contribution is -2.23. The van der Waals surface area contributed by atoms with Gasteiger partial charge in [-0.1, -0.05) is 6.07 Å². The molecule has 9 nitrogen and oxygen atoms in total. The number of aryl methyl sites for hydroxylation is 1. The van der Waals surface area contributed by atoms with Gasteiger partial charge in [0.1, 0.15) is 11.9 Å². The van der Waals surface area contributed by atoms with Crippen LogP contribution in [0.4, 0.5) is 13.2 Å². The lowest BCUT2D eigenvalue weighted by molar-refractivity contribution is -0.164. The molecule has 1 aliphatic heterocycles. The molecular weight excluding hydrogens is 499 g/mol. The fourth-order valence-corrected chi connectivity index (χ4v) is 5.65. The molecule has 5 aromatic rings. The van der Waals surface area contributed by atoms with E-state index in [1.807, 2.05) is 24.3 Å². The van der Waals surface area contributed by atoms with Gasteiger partial charge in [-0.3, -0.25) is 0 Å². The number of halogens is 3. The van der Waals surface area contributed by atoms with Crippen LogP contribution in [-0.2, 0) is 6.42 Å². The summed E-state index contributed by atoms with van der Waals surface area (Å²) in [6, 6.07) is 6.32. The fourth-order valence-electron chi connectivity index (χ4n) is 5.65. The van der Waals surface area contributed by atoms with Gasteiger partial charge < -0.3 is 14.0 Å². The van der Waals surface area contributed by atoms with E-state index >= 15 is 0 Å². The van der Waals surface area contributed by atoms with Crippen molar-refractivity contribution in [1.29, 1.82) is 0 Å². The number of fused-ring (bicyclic) bond motifs is 4. The second-order valence-corrected chi connectivity index (χ2v) is 9.65. The molecule has 0 bridgehead atoms. The van der Waals surface area contributed by atoms with E-state index in [0.29, 0.717) is 40.4 Å². The molecule has 12 heteroatoms. The molecule has 7 rings (SSSR count). The molecule has 194 valence electrons. The number of rotatable bonds is 5. The van der Waals surface area contributed by atoms with Crippen LogP contribution in [0.25, 0.3) is 27.9 Å². The van der Waals surface area contributed by atoms with Crippen LogP contribution >= 0.6 is 0 Å². The average molecular weight is 522 g/mol. The number of aromatic nitrogens is 7. The van der Waals surface area contributed by atoms with Crippen LogP contribution in [0.2, 0.25) is 0 Å². The average Bonchev–Trinajstić information content (AvgIpc) is 3.21. The number of benzene rings is 1. The van der Waals surface area contributed by atoms with Gasteiger partial charge in [-0.25, -0.2) is 19.5 Å². The van der Waals surface area contributed by atoms with Crippen molar-refractivity contribution < 1.29 is 22.6 Å². The SMILES string of the molecule is COc1ncc(-c2cc([C@H]3C[C@@H]3c3ccc4nc5n(c4c3)C(C(F)(F)F)CC5)c3nccn3n2)c(OC)n1. The maximum atomic E-state index is 13.7. The van der Waals surface area contributed by atoms with E-state index in [9.17, 15) is 13.2 Å². The summed E-state index contributed by atoms with van der Waals surface area (Å²) in [7, 11) is 3.00. The minimum atomic E-state index is -4.30. The van der Waals surface area contributed by atoms with Gasteiger partial charge in [0.2, 0.25) is 5.88 Å². The number of methoxy groups -OCH3 is 2. The number of hydrogen-bond donors (Lipinski definition) is 0. The van der Waals surface area contributed by atoms with Gasteiger partial charge in [-0.15, -0.1) is 0 Å². The predicted octanol–water partition coefficient (Wildman–Crippen LogP) is 4.87. The Bertz CT molecular complexity index is 1710. The normalized spacial score (nSPS) is 20.7. The van der Waals surface area contributed by atoms with Crippen molar-refractivity contribution in [2.24, 2.45) is 0 Å². The minimum absolute atomic E-state index is 0.0360. The minimum Gasteiger partial charge on any atom is -0.480 e. The maximum Gasteiger partial charge on any atom is 0.409 e. The zero-order chi connectivity index (χ0) is 26.2. The molecule has 1 saturated carbocycles. The van der Waals surface area contributed by atoms with E-state index in [2.05, 4.69) is 25.0 Å². The highest BCUT2D eigenvalue weighted by atomic mass is 19.4. The Balaban J connectivity index is 1.27. The number of ether oxygens (including phenoxy) is 2. The Morgan fingerprint density at radius 3 is 2.68 bits per heavy atom. The second kappa shape index (κ2) is 8.14. The third-order valence-corrected chi connectivity index (χ3v) is 7.51. The highest BCUT2D eigenvalue weighted by Crippen LogP contribution is 2.56. The standard InChI is InChI=1S/C26H22F3N7O2/c1-37-24-17(12-31-25(33-24)38-2)19-11-16(23-30-7-8-35(23)34-19)15-10-14(15)13-3-4-18-20(9-13)36-21(26(27,28)29)5-6-22(36)32-18/h3-4,7-9,11-12,14-15,21H,5-6,10H2,1-2H3/t14-,15+,21?/m1/s1. The predicted molar refractivity (Wildman–Crippen MR) is 130 cm³/mol. The summed E-state index contributed by atoms with van der Waals surface area (Å²) < 4.78 is 54.8. The Morgan fingerprint density at radius 1 is 1.03 bits per heavy atom. The molecule has 1 fully saturated rings. The van der Waals surface area contributed by atoms with Gasteiger partial charge in [-0.2, -0.15) is 23.3 Å². The summed E-state index contributed by atoms with van der Waals surface area (Å²) in [6.07, 6.45) is 1.98. The first-order chi connectivity index (χ1) is 18.4. The molecule has 1 unspecified atom stereocenters. The molecule has 4 aromatic heterocycles. The molecule has 0 amide bonds. The van der Waals surface area contributed by atoms with E-state index in [0.717, 1.165) is 23.2 Å². The van der Waals surface area contributed by atoms with Gasteiger partial charge in [-0.05, 0) is 48.4 Å². The molecule has 0 spiro atoms. The van der Waals surface area contributed by atoms with Gasteiger partial charge >= 0.3 is 12.2 Å². The van der Waals surface area contributed by atoms with Crippen LogP contribution in [0.5, 0.6) is 11.9 Å². The van der Waals surface area contributed by atoms with Crippen molar-refractivity contribution in [3.63, 3.8) is 0 Å². The zero-order valence-electron chi connectivity index (χ0n) is 20.5. The van der Waals surface area contributed by atoms with E-state index in [-0.39, 0.29) is 24.3 Å². The van der Waals surface area contributed by atoms with E-state index in [1.54, 1.807) is 23.1 Å². The lowest BCUT2D eigenvalue weighted by atomic mass is 10.0. The quantitative estimate of drug-likeness (QED) is 0.326. The van der Waals surface area contributed by atoms with Crippen LogP contribution in [0.3, 0.4) is 0 Å². The molecule has 0 N–H and O–H groups in total. The molecular formula is C26H22F3N7O2. The Kier molecular flexibility index (Phi) is 4.91. The molecule has 38 heavy (non-hydrogen) atoms. The number of nitrogens with zero attached hydrogens (tertiary/aromatic N) is 7. The highest BCUT2D eigenvalue weighted by Gasteiger charge is 2.46. The summed E-state index contributed by atoms with van der Waals surface area (Å²) in [5.74, 6) is 1.10. The van der Waals surface area contributed by atoms with E-state index in [1.165, 1.54) is 18.8 Å². The first-order valence-electron chi connectivity index (χ1n) is 12.2. The second-order valence-electron chi connectivity index (χ2n) is 9.65. The maximum absolute atomic E-state index is 13.7. The van der Waals surface area contributed by atoms with Crippen molar-refractivity contribution in [1.82, 2.24) is 34.1 Å². The first kappa shape index (κ1) is 22.9. The number of hydrogen-bond acceptors (Lipinski definition) is 7. The van der Waals surface area contributed by atoms with E-state index < -0.39 is 12.2 Å².